The number of nitrogens with one attached hydrogen (secondary N) is 1. The van der Waals surface area contributed by atoms with Crippen LogP contribution in [0.2, 0.25) is 0 Å². The summed E-state index contributed by atoms with van der Waals surface area (Å²) >= 11 is 0. The molecule has 0 bridgehead atoms. The minimum Gasteiger partial charge on any atom is -0.366 e. The first-order valence-corrected chi connectivity index (χ1v) is 9.32. The smallest absolute Gasteiger partial charge is 0.248 e. The van der Waals surface area contributed by atoms with Gasteiger partial charge in [-0.25, -0.2) is 8.78 Å². The Hall–Kier alpha value is -3.55. The molecule has 1 aromatic heterocycles. The number of aromatic nitrogens is 2. The zero-order chi connectivity index (χ0) is 22.0. The van der Waals surface area contributed by atoms with Gasteiger partial charge in [-0.1, -0.05) is 23.8 Å². The normalized spacial score (nSPS) is 15.0. The molecular formula is C22H22F2N4O2. The van der Waals surface area contributed by atoms with Crippen molar-refractivity contribution in [3.63, 3.8) is 0 Å². The van der Waals surface area contributed by atoms with Gasteiger partial charge in [0.1, 0.15) is 5.82 Å². The Balaban J connectivity index is 0.000000216. The van der Waals surface area contributed by atoms with Crippen molar-refractivity contribution in [2.24, 2.45) is 12.8 Å². The number of primary amides is 1. The molecule has 6 nitrogen and oxygen atoms in total. The molecule has 1 aliphatic heterocycles. The summed E-state index contributed by atoms with van der Waals surface area (Å²) in [5.41, 5.74) is 8.88. The Morgan fingerprint density at radius 2 is 1.90 bits per heavy atom. The Kier molecular flexibility index (Phi) is 5.96. The Bertz CT molecular complexity index is 1120. The second-order valence-corrected chi connectivity index (χ2v) is 7.18. The lowest BCUT2D eigenvalue weighted by Gasteiger charge is -2.24. The van der Waals surface area contributed by atoms with Crippen LogP contribution in [0.15, 0.2) is 42.5 Å². The molecule has 4 rings (SSSR count). The average molecular weight is 412 g/mol. The highest BCUT2D eigenvalue weighted by molar-refractivity contribution is 5.94. The minimum absolute atomic E-state index is 0.157. The van der Waals surface area contributed by atoms with Gasteiger partial charge in [-0.3, -0.25) is 14.3 Å². The Labute approximate surface area is 172 Å². The van der Waals surface area contributed by atoms with E-state index >= 15 is 0 Å². The van der Waals surface area contributed by atoms with Gasteiger partial charge in [-0.2, -0.15) is 5.10 Å². The summed E-state index contributed by atoms with van der Waals surface area (Å²) in [4.78, 5) is 22.4. The number of hydrogen-bond acceptors (Lipinski definition) is 3. The molecule has 2 amide bonds. The summed E-state index contributed by atoms with van der Waals surface area (Å²) in [6, 6.07) is 11.0. The molecule has 0 radical (unpaired) electrons. The first kappa shape index (κ1) is 21.2. The summed E-state index contributed by atoms with van der Waals surface area (Å²) in [6.07, 6.45) is 0.199. The summed E-state index contributed by atoms with van der Waals surface area (Å²) in [7, 11) is 1.74. The summed E-state index contributed by atoms with van der Waals surface area (Å²) in [5.74, 6) is -2.01. The molecule has 2 heterocycles. The number of anilines is 1. The lowest BCUT2D eigenvalue weighted by Crippen LogP contribution is -2.24. The molecule has 3 aromatic rings. The van der Waals surface area contributed by atoms with Gasteiger partial charge in [-0.05, 0) is 43.7 Å². The first-order valence-electron chi connectivity index (χ1n) is 9.32. The molecule has 0 saturated carbocycles. The van der Waals surface area contributed by atoms with Gasteiger partial charge >= 0.3 is 0 Å². The zero-order valence-corrected chi connectivity index (χ0v) is 16.9. The van der Waals surface area contributed by atoms with E-state index in [1.807, 2.05) is 26.0 Å². The number of carbonyl (C=O) groups excluding carboxylic acids is 2. The van der Waals surface area contributed by atoms with Gasteiger partial charge in [0.05, 0.1) is 5.69 Å². The van der Waals surface area contributed by atoms with Crippen LogP contribution in [0.25, 0.3) is 0 Å². The number of aryl methyl sites for hydroxylation is 3. The summed E-state index contributed by atoms with van der Waals surface area (Å²) < 4.78 is 28.1. The number of fused-ring (bicyclic) bond motifs is 1. The van der Waals surface area contributed by atoms with Crippen molar-refractivity contribution in [1.82, 2.24) is 9.78 Å². The van der Waals surface area contributed by atoms with Crippen molar-refractivity contribution < 1.29 is 18.4 Å². The second kappa shape index (κ2) is 8.44. The molecule has 3 N–H and O–H groups in total. The minimum atomic E-state index is -0.906. The van der Waals surface area contributed by atoms with E-state index in [1.165, 1.54) is 6.07 Å². The molecule has 1 atom stereocenters. The van der Waals surface area contributed by atoms with E-state index in [2.05, 4.69) is 10.4 Å². The number of halogens is 2. The summed E-state index contributed by atoms with van der Waals surface area (Å²) in [5, 5.41) is 7.05. The van der Waals surface area contributed by atoms with Crippen molar-refractivity contribution in [3.05, 3.63) is 82.0 Å². The number of hydrogen-bond donors (Lipinski definition) is 2. The maximum Gasteiger partial charge on any atom is 0.248 e. The lowest BCUT2D eigenvalue weighted by molar-refractivity contribution is -0.116. The van der Waals surface area contributed by atoms with Crippen molar-refractivity contribution in [2.45, 2.75) is 26.2 Å². The van der Waals surface area contributed by atoms with Crippen molar-refractivity contribution >= 4 is 17.6 Å². The number of nitrogens with zero attached hydrogens (tertiary/aromatic N) is 2. The van der Waals surface area contributed by atoms with Gasteiger partial charge in [0.25, 0.3) is 0 Å². The average Bonchev–Trinajstić information content (AvgIpc) is 2.97. The highest BCUT2D eigenvalue weighted by Crippen LogP contribution is 2.39. The van der Waals surface area contributed by atoms with Gasteiger partial charge in [-0.15, -0.1) is 0 Å². The zero-order valence-electron chi connectivity index (χ0n) is 16.9. The molecule has 0 spiro atoms. The van der Waals surface area contributed by atoms with Crippen LogP contribution < -0.4 is 11.1 Å². The third kappa shape index (κ3) is 4.37. The van der Waals surface area contributed by atoms with Crippen LogP contribution in [0.3, 0.4) is 0 Å². The Morgan fingerprint density at radius 1 is 1.17 bits per heavy atom. The topological polar surface area (TPSA) is 90.0 Å². The molecule has 156 valence electrons. The van der Waals surface area contributed by atoms with Crippen LogP contribution in [0.5, 0.6) is 0 Å². The maximum atomic E-state index is 13.4. The van der Waals surface area contributed by atoms with Crippen molar-refractivity contribution in [1.29, 1.82) is 0 Å². The quantitative estimate of drug-likeness (QED) is 0.674. The fourth-order valence-electron chi connectivity index (χ4n) is 3.52. The molecule has 0 saturated heterocycles. The molecule has 8 heteroatoms. The number of nitrogens with two attached hydrogens (primary N) is 1. The van der Waals surface area contributed by atoms with Crippen LogP contribution >= 0.6 is 0 Å². The van der Waals surface area contributed by atoms with E-state index in [0.717, 1.165) is 29.0 Å². The van der Waals surface area contributed by atoms with Crippen LogP contribution in [-0.2, 0) is 11.8 Å². The first-order chi connectivity index (χ1) is 14.2. The van der Waals surface area contributed by atoms with Gasteiger partial charge in [0.15, 0.2) is 11.6 Å². The number of benzene rings is 2. The molecule has 0 fully saturated rings. The molecule has 1 unspecified atom stereocenters. The molecule has 0 aliphatic carbocycles. The molecular weight excluding hydrogens is 390 g/mol. The number of amides is 2. The third-order valence-corrected chi connectivity index (χ3v) is 4.91. The number of rotatable bonds is 2. The van der Waals surface area contributed by atoms with Crippen molar-refractivity contribution in [2.75, 3.05) is 5.32 Å². The fourth-order valence-corrected chi connectivity index (χ4v) is 3.52. The van der Waals surface area contributed by atoms with E-state index < -0.39 is 11.6 Å². The Morgan fingerprint density at radius 3 is 2.50 bits per heavy atom. The predicted octanol–water partition coefficient (Wildman–Crippen LogP) is 3.57. The van der Waals surface area contributed by atoms with Crippen LogP contribution in [0, 0.1) is 25.5 Å². The standard InChI is InChI=1S/C14H13F2N3O.C8H9NO/c1-7-13-9(8-3-4-10(15)11(16)5-8)6-12(20)17-14(13)19(2)18-7;1-6-3-2-4-7(5-6)8(9)10/h3-5,9H,6H2,1-2H3,(H,17,20);2-5H,1H3,(H2,9,10). The van der Waals surface area contributed by atoms with E-state index in [1.54, 1.807) is 23.9 Å². The fraction of sp³-hybridized carbons (Fsp3) is 0.227. The monoisotopic (exact) mass is 412 g/mol. The molecule has 30 heavy (non-hydrogen) atoms. The lowest BCUT2D eigenvalue weighted by atomic mass is 9.86. The van der Waals surface area contributed by atoms with Crippen molar-refractivity contribution in [3.8, 4) is 0 Å². The number of carbonyl (C=O) groups is 2. The highest BCUT2D eigenvalue weighted by Gasteiger charge is 2.31. The van der Waals surface area contributed by atoms with E-state index in [4.69, 9.17) is 5.73 Å². The third-order valence-electron chi connectivity index (χ3n) is 4.91. The predicted molar refractivity (Wildman–Crippen MR) is 109 cm³/mol. The van der Waals surface area contributed by atoms with Crippen LogP contribution in [0.1, 0.15) is 45.1 Å². The van der Waals surface area contributed by atoms with E-state index in [-0.39, 0.29) is 24.2 Å². The SMILES string of the molecule is Cc1cccc(C(N)=O)c1.Cc1nn(C)c2c1C(c1ccc(F)c(F)c1)CC(=O)N2. The highest BCUT2D eigenvalue weighted by atomic mass is 19.2. The second-order valence-electron chi connectivity index (χ2n) is 7.18. The molecule has 2 aromatic carbocycles. The maximum absolute atomic E-state index is 13.4. The van der Waals surface area contributed by atoms with Crippen LogP contribution in [-0.4, -0.2) is 21.6 Å². The molecule has 1 aliphatic rings. The van der Waals surface area contributed by atoms with Gasteiger partial charge in [0, 0.05) is 30.5 Å². The van der Waals surface area contributed by atoms with Crippen LogP contribution in [0.4, 0.5) is 14.6 Å². The van der Waals surface area contributed by atoms with E-state index in [0.29, 0.717) is 16.9 Å². The van der Waals surface area contributed by atoms with E-state index in [9.17, 15) is 18.4 Å². The van der Waals surface area contributed by atoms with Gasteiger partial charge < -0.3 is 11.1 Å². The largest absolute Gasteiger partial charge is 0.366 e. The summed E-state index contributed by atoms with van der Waals surface area (Å²) in [6.45, 7) is 3.76. The van der Waals surface area contributed by atoms with Gasteiger partial charge in [0.2, 0.25) is 11.8 Å².